The molecule has 0 saturated heterocycles. The molecule has 0 saturated carbocycles. The lowest BCUT2D eigenvalue weighted by molar-refractivity contribution is 0.679. The Balaban J connectivity index is 1.73. The van der Waals surface area contributed by atoms with E-state index in [4.69, 9.17) is 0 Å². The van der Waals surface area contributed by atoms with Crippen molar-refractivity contribution in [1.29, 1.82) is 0 Å². The summed E-state index contributed by atoms with van der Waals surface area (Å²) in [7, 11) is 0. The second kappa shape index (κ2) is 5.49. The summed E-state index contributed by atoms with van der Waals surface area (Å²) in [5.41, 5.74) is 1.60. The minimum Gasteiger partial charge on any atom is -0.368 e. The van der Waals surface area contributed by atoms with Gasteiger partial charge in [0, 0.05) is 18.9 Å². The molecule has 1 heterocycles. The largest absolute Gasteiger partial charge is 0.368 e. The molecule has 0 bridgehead atoms. The molecule has 1 aliphatic rings. The van der Waals surface area contributed by atoms with Crippen LogP contribution in [0.15, 0.2) is 30.2 Å². The molecule has 1 N–H and O–H groups in total. The summed E-state index contributed by atoms with van der Waals surface area (Å²) in [4.78, 5) is 8.18. The lowest BCUT2D eigenvalue weighted by Crippen LogP contribution is -2.05. The summed E-state index contributed by atoms with van der Waals surface area (Å²) >= 11 is 0. The standard InChI is InChI=1S/C12H17N3/c1-2-4-11(5-3-1)6-7-14-12-10-13-8-9-15-12/h4,8-10H,1-3,5-7H2,(H,14,15). The molecule has 0 aromatic carbocycles. The van der Waals surface area contributed by atoms with Crippen LogP contribution in [0.3, 0.4) is 0 Å². The number of nitrogens with one attached hydrogen (secondary N) is 1. The van der Waals surface area contributed by atoms with Crippen LogP contribution in [-0.4, -0.2) is 16.5 Å². The monoisotopic (exact) mass is 203 g/mol. The highest BCUT2D eigenvalue weighted by atomic mass is 15.0. The fraction of sp³-hybridized carbons (Fsp3) is 0.500. The van der Waals surface area contributed by atoms with Crippen LogP contribution < -0.4 is 5.32 Å². The number of hydrogen-bond donors (Lipinski definition) is 1. The molecule has 3 nitrogen and oxygen atoms in total. The van der Waals surface area contributed by atoms with Crippen LogP contribution in [0.1, 0.15) is 32.1 Å². The third-order valence-corrected chi connectivity index (χ3v) is 2.70. The molecule has 1 aromatic rings. The van der Waals surface area contributed by atoms with Gasteiger partial charge < -0.3 is 5.32 Å². The smallest absolute Gasteiger partial charge is 0.144 e. The van der Waals surface area contributed by atoms with E-state index < -0.39 is 0 Å². The van der Waals surface area contributed by atoms with Gasteiger partial charge in [0.15, 0.2) is 0 Å². The number of hydrogen-bond acceptors (Lipinski definition) is 3. The van der Waals surface area contributed by atoms with Crippen molar-refractivity contribution < 1.29 is 0 Å². The lowest BCUT2D eigenvalue weighted by atomic mass is 9.97. The molecule has 15 heavy (non-hydrogen) atoms. The van der Waals surface area contributed by atoms with E-state index in [1.165, 1.54) is 25.7 Å². The van der Waals surface area contributed by atoms with Crippen molar-refractivity contribution in [2.24, 2.45) is 0 Å². The maximum absolute atomic E-state index is 4.17. The van der Waals surface area contributed by atoms with Crippen LogP contribution >= 0.6 is 0 Å². The Morgan fingerprint density at radius 3 is 3.00 bits per heavy atom. The third kappa shape index (κ3) is 3.35. The second-order valence-corrected chi connectivity index (χ2v) is 3.88. The Hall–Kier alpha value is -1.38. The molecular formula is C12H17N3. The predicted octanol–water partition coefficient (Wildman–Crippen LogP) is 2.78. The molecular weight excluding hydrogens is 186 g/mol. The van der Waals surface area contributed by atoms with E-state index in [1.54, 1.807) is 24.2 Å². The number of allylic oxidation sites excluding steroid dienone is 1. The zero-order valence-corrected chi connectivity index (χ0v) is 8.95. The molecule has 0 fully saturated rings. The number of rotatable bonds is 4. The van der Waals surface area contributed by atoms with Crippen molar-refractivity contribution in [3.8, 4) is 0 Å². The summed E-state index contributed by atoms with van der Waals surface area (Å²) in [5.74, 6) is 0.869. The molecule has 0 unspecified atom stereocenters. The van der Waals surface area contributed by atoms with Crippen molar-refractivity contribution in [3.05, 3.63) is 30.2 Å². The van der Waals surface area contributed by atoms with Gasteiger partial charge in [0.25, 0.3) is 0 Å². The van der Waals surface area contributed by atoms with E-state index in [2.05, 4.69) is 21.4 Å². The average Bonchev–Trinajstić information content (AvgIpc) is 2.32. The topological polar surface area (TPSA) is 37.8 Å². The van der Waals surface area contributed by atoms with E-state index in [9.17, 15) is 0 Å². The van der Waals surface area contributed by atoms with Gasteiger partial charge in [-0.2, -0.15) is 0 Å². The Kier molecular flexibility index (Phi) is 3.71. The Morgan fingerprint density at radius 2 is 2.27 bits per heavy atom. The molecule has 0 aliphatic heterocycles. The summed E-state index contributed by atoms with van der Waals surface area (Å²) in [5, 5.41) is 3.28. The van der Waals surface area contributed by atoms with Crippen molar-refractivity contribution in [2.75, 3.05) is 11.9 Å². The highest BCUT2D eigenvalue weighted by Crippen LogP contribution is 2.19. The molecule has 1 aromatic heterocycles. The molecule has 0 radical (unpaired) electrons. The van der Waals surface area contributed by atoms with Gasteiger partial charge in [-0.15, -0.1) is 0 Å². The molecule has 1 aliphatic carbocycles. The maximum Gasteiger partial charge on any atom is 0.144 e. The van der Waals surface area contributed by atoms with E-state index in [0.717, 1.165) is 18.8 Å². The first-order chi connectivity index (χ1) is 7.45. The summed E-state index contributed by atoms with van der Waals surface area (Å²) in [6.07, 6.45) is 13.9. The zero-order valence-electron chi connectivity index (χ0n) is 8.95. The number of anilines is 1. The van der Waals surface area contributed by atoms with Crippen LogP contribution in [0.5, 0.6) is 0 Å². The summed E-state index contributed by atoms with van der Waals surface area (Å²) < 4.78 is 0. The Labute approximate surface area is 90.6 Å². The lowest BCUT2D eigenvalue weighted by Gasteiger charge is -2.12. The summed E-state index contributed by atoms with van der Waals surface area (Å²) in [6, 6.07) is 0. The number of aromatic nitrogens is 2. The van der Waals surface area contributed by atoms with Gasteiger partial charge >= 0.3 is 0 Å². The van der Waals surface area contributed by atoms with Crippen molar-refractivity contribution in [3.63, 3.8) is 0 Å². The molecule has 0 atom stereocenters. The highest BCUT2D eigenvalue weighted by Gasteiger charge is 2.02. The van der Waals surface area contributed by atoms with Crippen LogP contribution in [0.25, 0.3) is 0 Å². The quantitative estimate of drug-likeness (QED) is 0.765. The second-order valence-electron chi connectivity index (χ2n) is 3.88. The van der Waals surface area contributed by atoms with E-state index in [0.29, 0.717) is 0 Å². The van der Waals surface area contributed by atoms with E-state index in [1.807, 2.05) is 0 Å². The van der Waals surface area contributed by atoms with Crippen LogP contribution in [0.4, 0.5) is 5.82 Å². The van der Waals surface area contributed by atoms with Gasteiger partial charge in [0.2, 0.25) is 0 Å². The Bertz CT molecular complexity index is 319. The van der Waals surface area contributed by atoms with Crippen molar-refractivity contribution >= 4 is 5.82 Å². The predicted molar refractivity (Wildman–Crippen MR) is 61.7 cm³/mol. The minimum atomic E-state index is 0.869. The highest BCUT2D eigenvalue weighted by molar-refractivity contribution is 5.29. The first-order valence-corrected chi connectivity index (χ1v) is 5.63. The fourth-order valence-electron chi connectivity index (χ4n) is 1.87. The Morgan fingerprint density at radius 1 is 1.27 bits per heavy atom. The minimum absolute atomic E-state index is 0.869. The average molecular weight is 203 g/mol. The first kappa shape index (κ1) is 10.1. The van der Waals surface area contributed by atoms with Crippen molar-refractivity contribution in [1.82, 2.24) is 9.97 Å². The normalized spacial score (nSPS) is 15.9. The van der Waals surface area contributed by atoms with E-state index in [-0.39, 0.29) is 0 Å². The van der Waals surface area contributed by atoms with Crippen LogP contribution in [0, 0.1) is 0 Å². The van der Waals surface area contributed by atoms with Crippen LogP contribution in [0.2, 0.25) is 0 Å². The molecule has 0 amide bonds. The zero-order chi connectivity index (χ0) is 10.3. The van der Waals surface area contributed by atoms with Gasteiger partial charge in [0.1, 0.15) is 5.82 Å². The van der Waals surface area contributed by atoms with Crippen molar-refractivity contribution in [2.45, 2.75) is 32.1 Å². The molecule has 0 spiro atoms. The van der Waals surface area contributed by atoms with Gasteiger partial charge in [0.05, 0.1) is 6.20 Å². The molecule has 3 heteroatoms. The summed E-state index contributed by atoms with van der Waals surface area (Å²) in [6.45, 7) is 0.963. The van der Waals surface area contributed by atoms with Gasteiger partial charge in [-0.25, -0.2) is 4.98 Å². The third-order valence-electron chi connectivity index (χ3n) is 2.70. The van der Waals surface area contributed by atoms with E-state index >= 15 is 0 Å². The number of nitrogens with zero attached hydrogens (tertiary/aromatic N) is 2. The molecule has 80 valence electrons. The molecule has 2 rings (SSSR count). The van der Waals surface area contributed by atoms with Gasteiger partial charge in [-0.3, -0.25) is 4.98 Å². The van der Waals surface area contributed by atoms with Gasteiger partial charge in [-0.1, -0.05) is 11.6 Å². The first-order valence-electron chi connectivity index (χ1n) is 5.63. The van der Waals surface area contributed by atoms with Crippen LogP contribution in [-0.2, 0) is 0 Å². The fourth-order valence-corrected chi connectivity index (χ4v) is 1.87. The SMILES string of the molecule is C1=C(CCNc2cnccn2)CCCC1. The maximum atomic E-state index is 4.17. The van der Waals surface area contributed by atoms with Gasteiger partial charge in [-0.05, 0) is 32.1 Å².